The van der Waals surface area contributed by atoms with Gasteiger partial charge in [-0.3, -0.25) is 9.69 Å². The third-order valence-corrected chi connectivity index (χ3v) is 12.7. The maximum absolute atomic E-state index is 11.9. The summed E-state index contributed by atoms with van der Waals surface area (Å²) in [6, 6.07) is -0.282. The highest BCUT2D eigenvalue weighted by molar-refractivity contribution is 5.73. The Hall–Kier alpha value is -0.650. The fourth-order valence-electron chi connectivity index (χ4n) is 10.9. The zero-order chi connectivity index (χ0) is 25.1. The predicted molar refractivity (Wildman–Crippen MR) is 138 cm³/mol. The smallest absolute Gasteiger partial charge is 0.320 e. The minimum Gasteiger partial charge on any atom is -0.480 e. The van der Waals surface area contributed by atoms with E-state index in [4.69, 9.17) is 0 Å². The molecule has 1 heterocycles. The third-order valence-electron chi connectivity index (χ3n) is 12.7. The summed E-state index contributed by atoms with van der Waals surface area (Å²) in [6.07, 6.45) is 11.4. The second-order valence-corrected chi connectivity index (χ2v) is 13.9. The van der Waals surface area contributed by atoms with E-state index in [0.717, 1.165) is 58.0 Å². The number of carboxylic acid groups (broad SMARTS) is 1. The van der Waals surface area contributed by atoms with Crippen molar-refractivity contribution in [3.05, 3.63) is 0 Å². The van der Waals surface area contributed by atoms with Gasteiger partial charge in [-0.25, -0.2) is 0 Å². The molecule has 1 aliphatic heterocycles. The first-order valence-electron chi connectivity index (χ1n) is 14.9. The molecule has 0 aromatic carbocycles. The zero-order valence-electron chi connectivity index (χ0n) is 22.7. The first-order chi connectivity index (χ1) is 16.6. The standard InChI is InChI=1S/C30H51NO4/c1-5-20-24-17-19(32)10-13-30(24,4)23-11-14-29(3)21(8-9-22(29)26(23)27(20)33)18(2)12-16-31-15-6-7-25(31)28(34)35/h18-27,32-33H,5-17H2,1-4H3,(H,34,35)/t18-,19-,20-,21-,22+,23+,24+,25-,26+,27-,29-,30-/m1/s1. The van der Waals surface area contributed by atoms with Gasteiger partial charge in [-0.15, -0.1) is 0 Å². The van der Waals surface area contributed by atoms with Gasteiger partial charge in [0.25, 0.3) is 0 Å². The molecule has 0 amide bonds. The first-order valence-corrected chi connectivity index (χ1v) is 14.9. The average Bonchev–Trinajstić information content (AvgIpc) is 3.43. The van der Waals surface area contributed by atoms with Crippen molar-refractivity contribution >= 4 is 5.97 Å². The molecule has 4 aliphatic carbocycles. The lowest BCUT2D eigenvalue weighted by atomic mass is 9.41. The molecule has 5 rings (SSSR count). The van der Waals surface area contributed by atoms with Gasteiger partial charge in [0.2, 0.25) is 0 Å². The van der Waals surface area contributed by atoms with Gasteiger partial charge in [-0.2, -0.15) is 0 Å². The normalized spacial score (nSPS) is 50.9. The summed E-state index contributed by atoms with van der Waals surface area (Å²) >= 11 is 0. The van der Waals surface area contributed by atoms with E-state index in [1.165, 1.54) is 25.7 Å². The van der Waals surface area contributed by atoms with Crippen LogP contribution in [0.1, 0.15) is 98.3 Å². The Morgan fingerprint density at radius 2 is 1.71 bits per heavy atom. The Morgan fingerprint density at radius 3 is 2.43 bits per heavy atom. The molecule has 4 saturated carbocycles. The number of rotatable bonds is 6. The van der Waals surface area contributed by atoms with Crippen molar-refractivity contribution in [3.63, 3.8) is 0 Å². The average molecular weight is 490 g/mol. The van der Waals surface area contributed by atoms with Crippen LogP contribution in [0.2, 0.25) is 0 Å². The largest absolute Gasteiger partial charge is 0.480 e. The van der Waals surface area contributed by atoms with Gasteiger partial charge in [0.1, 0.15) is 6.04 Å². The number of hydrogen-bond acceptors (Lipinski definition) is 4. The van der Waals surface area contributed by atoms with Crippen LogP contribution in [0.25, 0.3) is 0 Å². The number of fused-ring (bicyclic) bond motifs is 5. The molecular formula is C30H51NO4. The van der Waals surface area contributed by atoms with E-state index in [-0.39, 0.29) is 29.1 Å². The molecule has 0 bridgehead atoms. The number of hydrogen-bond donors (Lipinski definition) is 3. The Kier molecular flexibility index (Phi) is 7.11. The van der Waals surface area contributed by atoms with E-state index in [0.29, 0.717) is 41.4 Å². The van der Waals surface area contributed by atoms with Crippen molar-refractivity contribution in [2.75, 3.05) is 13.1 Å². The summed E-state index contributed by atoms with van der Waals surface area (Å²) in [5.41, 5.74) is 0.547. The molecule has 3 N–H and O–H groups in total. The molecular weight excluding hydrogens is 438 g/mol. The van der Waals surface area contributed by atoms with Crippen LogP contribution in [-0.2, 0) is 4.79 Å². The van der Waals surface area contributed by atoms with Gasteiger partial charge in [-0.05, 0) is 130 Å². The quantitative estimate of drug-likeness (QED) is 0.478. The molecule has 0 spiro atoms. The highest BCUT2D eigenvalue weighted by Gasteiger charge is 2.64. The van der Waals surface area contributed by atoms with E-state index >= 15 is 0 Å². The van der Waals surface area contributed by atoms with Crippen LogP contribution in [0.3, 0.4) is 0 Å². The highest BCUT2D eigenvalue weighted by atomic mass is 16.4. The van der Waals surface area contributed by atoms with Crippen molar-refractivity contribution in [1.29, 1.82) is 0 Å². The molecule has 0 aromatic heterocycles. The predicted octanol–water partition coefficient (Wildman–Crippen LogP) is 5.19. The molecule has 0 radical (unpaired) electrons. The topological polar surface area (TPSA) is 81.0 Å². The van der Waals surface area contributed by atoms with Crippen molar-refractivity contribution in [2.24, 2.45) is 52.3 Å². The van der Waals surface area contributed by atoms with Crippen LogP contribution in [0.15, 0.2) is 0 Å². The van der Waals surface area contributed by atoms with E-state index in [9.17, 15) is 20.1 Å². The van der Waals surface area contributed by atoms with E-state index < -0.39 is 5.97 Å². The number of carboxylic acids is 1. The fraction of sp³-hybridized carbons (Fsp3) is 0.967. The monoisotopic (exact) mass is 489 g/mol. The van der Waals surface area contributed by atoms with Crippen molar-refractivity contribution in [1.82, 2.24) is 4.90 Å². The lowest BCUT2D eigenvalue weighted by Gasteiger charge is -2.64. The van der Waals surface area contributed by atoms with Crippen LogP contribution in [-0.4, -0.2) is 57.5 Å². The molecule has 5 aliphatic rings. The molecule has 200 valence electrons. The summed E-state index contributed by atoms with van der Waals surface area (Å²) < 4.78 is 0. The fourth-order valence-corrected chi connectivity index (χ4v) is 10.9. The maximum atomic E-state index is 11.9. The molecule has 12 atom stereocenters. The van der Waals surface area contributed by atoms with E-state index in [1.807, 2.05) is 0 Å². The molecule has 0 aromatic rings. The number of carbonyl (C=O) groups is 1. The van der Waals surface area contributed by atoms with Crippen LogP contribution < -0.4 is 0 Å². The van der Waals surface area contributed by atoms with Gasteiger partial charge >= 0.3 is 5.97 Å². The van der Waals surface area contributed by atoms with E-state index in [1.54, 1.807) is 0 Å². The number of aliphatic carboxylic acids is 1. The Labute approximate surface area is 213 Å². The molecule has 5 fully saturated rings. The number of aliphatic hydroxyl groups excluding tert-OH is 2. The zero-order valence-corrected chi connectivity index (χ0v) is 22.7. The third kappa shape index (κ3) is 4.11. The Balaban J connectivity index is 1.33. The minimum absolute atomic E-state index is 0.187. The van der Waals surface area contributed by atoms with E-state index in [2.05, 4.69) is 32.6 Å². The lowest BCUT2D eigenvalue weighted by molar-refractivity contribution is -0.203. The summed E-state index contributed by atoms with van der Waals surface area (Å²) in [7, 11) is 0. The van der Waals surface area contributed by atoms with Gasteiger partial charge in [0, 0.05) is 0 Å². The minimum atomic E-state index is -0.653. The van der Waals surface area contributed by atoms with Crippen LogP contribution in [0, 0.1) is 52.3 Å². The second-order valence-electron chi connectivity index (χ2n) is 13.9. The number of nitrogens with zero attached hydrogens (tertiary/aromatic N) is 1. The van der Waals surface area contributed by atoms with Crippen molar-refractivity contribution in [3.8, 4) is 0 Å². The molecule has 0 unspecified atom stereocenters. The summed E-state index contributed by atoms with van der Waals surface area (Å²) in [6.45, 7) is 11.6. The summed E-state index contributed by atoms with van der Waals surface area (Å²) in [5.74, 6) is 2.97. The Bertz CT molecular complexity index is 788. The SMILES string of the molecule is CC[C@H]1[C@@H](O)[C@@H]2[C@H](CC[C@]3(C)[C@@H]([C@H](C)CCN4CCC[C@@H]4C(=O)O)CC[C@@H]23)[C@@]2(C)CC[C@@H](O)C[C@@H]12. The highest BCUT2D eigenvalue weighted by Crippen LogP contribution is 2.69. The molecule has 5 heteroatoms. The lowest BCUT2D eigenvalue weighted by Crippen LogP contribution is -2.62. The van der Waals surface area contributed by atoms with Crippen LogP contribution in [0.5, 0.6) is 0 Å². The second kappa shape index (κ2) is 9.58. The van der Waals surface area contributed by atoms with Crippen LogP contribution in [0.4, 0.5) is 0 Å². The first kappa shape index (κ1) is 26.0. The molecule has 35 heavy (non-hydrogen) atoms. The van der Waals surface area contributed by atoms with Crippen molar-refractivity contribution in [2.45, 2.75) is 117 Å². The van der Waals surface area contributed by atoms with Gasteiger partial charge in [-0.1, -0.05) is 34.1 Å². The van der Waals surface area contributed by atoms with Gasteiger partial charge in [0.05, 0.1) is 12.2 Å². The van der Waals surface area contributed by atoms with Gasteiger partial charge < -0.3 is 15.3 Å². The Morgan fingerprint density at radius 1 is 1.00 bits per heavy atom. The number of likely N-dealkylation sites (tertiary alicyclic amines) is 1. The summed E-state index contributed by atoms with van der Waals surface area (Å²) in [4.78, 5) is 13.8. The number of aliphatic hydroxyl groups is 2. The summed E-state index contributed by atoms with van der Waals surface area (Å²) in [5, 5.41) is 31.9. The van der Waals surface area contributed by atoms with Gasteiger partial charge in [0.15, 0.2) is 0 Å². The molecule has 5 nitrogen and oxygen atoms in total. The molecule has 1 saturated heterocycles. The van der Waals surface area contributed by atoms with Crippen LogP contribution >= 0.6 is 0 Å². The van der Waals surface area contributed by atoms with Crippen molar-refractivity contribution < 1.29 is 20.1 Å². The maximum Gasteiger partial charge on any atom is 0.320 e.